The number of benzene rings is 1. The lowest BCUT2D eigenvalue weighted by molar-refractivity contribution is 0.0694. The Morgan fingerprint density at radius 3 is 2.81 bits per heavy atom. The highest BCUT2D eigenvalue weighted by Crippen LogP contribution is 2.26. The summed E-state index contributed by atoms with van der Waals surface area (Å²) >= 11 is 1.75. The number of hydrogen-bond donors (Lipinski definition) is 0. The number of imidazole rings is 1. The zero-order valence-electron chi connectivity index (χ0n) is 15.1. The number of carbonyl (C=O) groups excluding carboxylic acids is 1. The van der Waals surface area contributed by atoms with Crippen LogP contribution in [0.2, 0.25) is 0 Å². The van der Waals surface area contributed by atoms with Gasteiger partial charge in [-0.25, -0.2) is 9.78 Å². The molecule has 3 heterocycles. The number of hydrogen-bond acceptors (Lipinski definition) is 5. The van der Waals surface area contributed by atoms with Gasteiger partial charge >= 0.3 is 5.63 Å². The number of nitrogens with zero attached hydrogens (tertiary/aromatic N) is 3. The zero-order valence-corrected chi connectivity index (χ0v) is 15.9. The molecular formula is C20H21N3O3S. The van der Waals surface area contributed by atoms with Crippen LogP contribution in [0.5, 0.6) is 0 Å². The van der Waals surface area contributed by atoms with E-state index in [4.69, 9.17) is 4.42 Å². The molecule has 27 heavy (non-hydrogen) atoms. The van der Waals surface area contributed by atoms with Crippen LogP contribution in [0, 0.1) is 5.92 Å². The third-order valence-electron chi connectivity index (χ3n) is 5.00. The number of thioether (sulfide) groups is 1. The summed E-state index contributed by atoms with van der Waals surface area (Å²) in [5, 5.41) is 1.78. The van der Waals surface area contributed by atoms with Gasteiger partial charge in [0.1, 0.15) is 11.1 Å². The summed E-state index contributed by atoms with van der Waals surface area (Å²) in [6.07, 6.45) is 5.61. The number of aryl methyl sites for hydroxylation is 1. The summed E-state index contributed by atoms with van der Waals surface area (Å²) in [7, 11) is 1.99. The van der Waals surface area contributed by atoms with Crippen molar-refractivity contribution in [3.8, 4) is 0 Å². The molecule has 1 aliphatic rings. The van der Waals surface area contributed by atoms with Crippen LogP contribution in [0.1, 0.15) is 23.2 Å². The Balaban J connectivity index is 1.39. The molecule has 6 nitrogen and oxygen atoms in total. The molecule has 1 aromatic carbocycles. The third-order valence-corrected chi connectivity index (χ3v) is 6.29. The molecule has 1 aliphatic heterocycles. The summed E-state index contributed by atoms with van der Waals surface area (Å²) in [5.41, 5.74) is 0.0600. The van der Waals surface area contributed by atoms with Gasteiger partial charge < -0.3 is 13.9 Å². The normalized spacial score (nSPS) is 15.4. The topological polar surface area (TPSA) is 68.3 Å². The van der Waals surface area contributed by atoms with Crippen molar-refractivity contribution in [2.45, 2.75) is 18.0 Å². The second-order valence-electron chi connectivity index (χ2n) is 6.85. The lowest BCUT2D eigenvalue weighted by Gasteiger charge is -2.31. The third kappa shape index (κ3) is 3.78. The fourth-order valence-electron chi connectivity index (χ4n) is 3.37. The van der Waals surface area contributed by atoms with Gasteiger partial charge in [0.2, 0.25) is 0 Å². The minimum Gasteiger partial charge on any atom is -0.422 e. The van der Waals surface area contributed by atoms with Gasteiger partial charge in [-0.05, 0) is 30.9 Å². The molecule has 1 saturated heterocycles. The second-order valence-corrected chi connectivity index (χ2v) is 7.84. The van der Waals surface area contributed by atoms with Gasteiger partial charge in [0.05, 0.1) is 0 Å². The van der Waals surface area contributed by atoms with Gasteiger partial charge in [-0.15, -0.1) is 0 Å². The number of para-hydroxylation sites is 1. The van der Waals surface area contributed by atoms with Crippen LogP contribution in [0.3, 0.4) is 0 Å². The van der Waals surface area contributed by atoms with Crippen LogP contribution in [0.4, 0.5) is 0 Å². The SMILES string of the molecule is Cn1ccnc1SCC1CCN(C(=O)c2cc3ccccc3oc2=O)CC1. The molecule has 0 aliphatic carbocycles. The van der Waals surface area contributed by atoms with Crippen LogP contribution >= 0.6 is 11.8 Å². The fourth-order valence-corrected chi connectivity index (χ4v) is 4.49. The first-order valence-corrected chi connectivity index (χ1v) is 10.0. The van der Waals surface area contributed by atoms with E-state index >= 15 is 0 Å². The van der Waals surface area contributed by atoms with E-state index in [1.807, 2.05) is 29.9 Å². The Labute approximate surface area is 161 Å². The Kier molecular flexibility index (Phi) is 5.03. The standard InChI is InChI=1S/C20H21N3O3S/c1-22-11-8-21-20(22)27-13-14-6-9-23(10-7-14)18(24)16-12-15-4-2-3-5-17(15)26-19(16)25/h2-5,8,11-12,14H,6-7,9-10,13H2,1H3. The predicted octanol–water partition coefficient (Wildman–Crippen LogP) is 3.17. The van der Waals surface area contributed by atoms with Crippen LogP contribution in [-0.2, 0) is 7.05 Å². The molecule has 0 spiro atoms. The van der Waals surface area contributed by atoms with Gasteiger partial charge in [-0.1, -0.05) is 30.0 Å². The number of carbonyl (C=O) groups is 1. The maximum absolute atomic E-state index is 12.8. The average molecular weight is 383 g/mol. The van der Waals surface area contributed by atoms with Crippen LogP contribution in [0.25, 0.3) is 11.0 Å². The highest BCUT2D eigenvalue weighted by atomic mass is 32.2. The molecule has 0 unspecified atom stereocenters. The summed E-state index contributed by atoms with van der Waals surface area (Å²) < 4.78 is 7.32. The first-order chi connectivity index (χ1) is 13.1. The number of amides is 1. The smallest absolute Gasteiger partial charge is 0.349 e. The van der Waals surface area contributed by atoms with Crippen molar-refractivity contribution < 1.29 is 9.21 Å². The molecule has 0 radical (unpaired) electrons. The first kappa shape index (κ1) is 17.9. The van der Waals surface area contributed by atoms with Gasteiger partial charge in [0.15, 0.2) is 5.16 Å². The minimum absolute atomic E-state index is 0.120. The fraction of sp³-hybridized carbons (Fsp3) is 0.350. The highest BCUT2D eigenvalue weighted by Gasteiger charge is 2.26. The maximum Gasteiger partial charge on any atom is 0.349 e. The lowest BCUT2D eigenvalue weighted by atomic mass is 9.98. The zero-order chi connectivity index (χ0) is 18.8. The van der Waals surface area contributed by atoms with Crippen LogP contribution < -0.4 is 5.63 Å². The molecule has 1 fully saturated rings. The van der Waals surface area contributed by atoms with E-state index in [2.05, 4.69) is 4.98 Å². The van der Waals surface area contributed by atoms with Crippen molar-refractivity contribution in [1.82, 2.24) is 14.5 Å². The largest absolute Gasteiger partial charge is 0.422 e. The molecule has 1 amide bonds. The van der Waals surface area contributed by atoms with Crippen molar-refractivity contribution in [2.24, 2.45) is 13.0 Å². The predicted molar refractivity (Wildman–Crippen MR) is 105 cm³/mol. The van der Waals surface area contributed by atoms with Crippen molar-refractivity contribution in [1.29, 1.82) is 0 Å². The molecule has 4 rings (SSSR count). The Hall–Kier alpha value is -2.54. The number of fused-ring (bicyclic) bond motifs is 1. The lowest BCUT2D eigenvalue weighted by Crippen LogP contribution is -2.40. The maximum atomic E-state index is 12.8. The van der Waals surface area contributed by atoms with Gasteiger partial charge in [0.25, 0.3) is 5.91 Å². The summed E-state index contributed by atoms with van der Waals surface area (Å²) in [4.78, 5) is 31.1. The summed E-state index contributed by atoms with van der Waals surface area (Å²) in [5.74, 6) is 1.30. The molecule has 0 saturated carbocycles. The molecular weight excluding hydrogens is 362 g/mol. The van der Waals surface area contributed by atoms with Crippen molar-refractivity contribution in [3.63, 3.8) is 0 Å². The summed E-state index contributed by atoms with van der Waals surface area (Å²) in [6, 6.07) is 8.89. The second kappa shape index (κ2) is 7.60. The molecule has 7 heteroatoms. The monoisotopic (exact) mass is 383 g/mol. The number of piperidine rings is 1. The van der Waals surface area contributed by atoms with Gasteiger partial charge in [-0.2, -0.15) is 0 Å². The van der Waals surface area contributed by atoms with Crippen molar-refractivity contribution in [2.75, 3.05) is 18.8 Å². The molecule has 2 aromatic heterocycles. The van der Waals surface area contributed by atoms with Crippen LogP contribution in [-0.4, -0.2) is 39.2 Å². The Bertz CT molecular complexity index is 1020. The number of aromatic nitrogens is 2. The highest BCUT2D eigenvalue weighted by molar-refractivity contribution is 7.99. The van der Waals surface area contributed by atoms with Gasteiger partial charge in [-0.3, -0.25) is 4.79 Å². The van der Waals surface area contributed by atoms with Crippen molar-refractivity contribution in [3.05, 3.63) is 58.7 Å². The molecule has 0 atom stereocenters. The molecule has 3 aromatic rings. The Morgan fingerprint density at radius 1 is 1.30 bits per heavy atom. The van der Waals surface area contributed by atoms with Crippen molar-refractivity contribution >= 4 is 28.6 Å². The van der Waals surface area contributed by atoms with Gasteiger partial charge in [0, 0.05) is 43.7 Å². The van der Waals surface area contributed by atoms with E-state index in [9.17, 15) is 9.59 Å². The average Bonchev–Trinajstić information content (AvgIpc) is 3.10. The molecule has 140 valence electrons. The van der Waals surface area contributed by atoms with E-state index in [0.717, 1.165) is 29.1 Å². The van der Waals surface area contributed by atoms with Crippen LogP contribution in [0.15, 0.2) is 57.1 Å². The van der Waals surface area contributed by atoms with E-state index in [1.165, 1.54) is 0 Å². The van der Waals surface area contributed by atoms with E-state index in [1.54, 1.807) is 41.1 Å². The molecule has 0 N–H and O–H groups in total. The minimum atomic E-state index is -0.564. The quantitative estimate of drug-likeness (QED) is 0.511. The number of likely N-dealkylation sites (tertiary alicyclic amines) is 1. The van der Waals surface area contributed by atoms with E-state index in [0.29, 0.717) is 24.6 Å². The van der Waals surface area contributed by atoms with E-state index < -0.39 is 5.63 Å². The number of rotatable bonds is 4. The first-order valence-electron chi connectivity index (χ1n) is 9.04. The van der Waals surface area contributed by atoms with E-state index in [-0.39, 0.29) is 11.5 Å². The summed E-state index contributed by atoms with van der Waals surface area (Å²) in [6.45, 7) is 1.33. The molecule has 0 bridgehead atoms. The Morgan fingerprint density at radius 2 is 2.07 bits per heavy atom.